The number of H-pyrrole nitrogens is 1. The molecule has 0 spiro atoms. The number of nitrogens with one attached hydrogen (secondary N) is 4. The van der Waals surface area contributed by atoms with Crippen LogP contribution in [0.3, 0.4) is 0 Å². The number of aliphatic carboxylic acids is 2. The highest BCUT2D eigenvalue weighted by molar-refractivity contribution is 5.96. The maximum atomic E-state index is 13.2. The Kier molecular flexibility index (Phi) is 10.6. The van der Waals surface area contributed by atoms with Crippen LogP contribution in [-0.4, -0.2) is 74.1 Å². The summed E-state index contributed by atoms with van der Waals surface area (Å²) in [4.78, 5) is 65.6. The number of amides is 3. The van der Waals surface area contributed by atoms with Crippen molar-refractivity contribution in [1.82, 2.24) is 20.9 Å². The number of carboxylic acids is 2. The molecule has 0 aliphatic heterocycles. The van der Waals surface area contributed by atoms with E-state index in [1.807, 2.05) is 24.3 Å². The molecule has 3 aromatic rings. The van der Waals surface area contributed by atoms with Crippen molar-refractivity contribution < 1.29 is 39.3 Å². The summed E-state index contributed by atoms with van der Waals surface area (Å²) in [5.74, 6) is -5.66. The molecule has 4 atom stereocenters. The van der Waals surface area contributed by atoms with E-state index in [4.69, 9.17) is 5.73 Å². The Bertz CT molecular complexity index is 1440. The minimum absolute atomic E-state index is 0.0273. The summed E-state index contributed by atoms with van der Waals surface area (Å²) in [6.45, 7) is 3.25. The van der Waals surface area contributed by atoms with Gasteiger partial charge in [-0.1, -0.05) is 44.2 Å². The number of para-hydroxylation sites is 1. The molecule has 0 saturated carbocycles. The fraction of sp³-hybridized carbons (Fsp3) is 0.345. The molecule has 13 heteroatoms. The highest BCUT2D eigenvalue weighted by atomic mass is 16.4. The zero-order valence-electron chi connectivity index (χ0n) is 23.2. The predicted molar refractivity (Wildman–Crippen MR) is 152 cm³/mol. The van der Waals surface area contributed by atoms with Crippen LogP contribution in [0.5, 0.6) is 5.75 Å². The molecular weight excluding hydrogens is 546 g/mol. The second kappa shape index (κ2) is 14.1. The van der Waals surface area contributed by atoms with Gasteiger partial charge in [0.1, 0.15) is 23.9 Å². The van der Waals surface area contributed by atoms with Crippen molar-refractivity contribution in [2.45, 2.75) is 57.3 Å². The van der Waals surface area contributed by atoms with Crippen molar-refractivity contribution in [3.63, 3.8) is 0 Å². The van der Waals surface area contributed by atoms with Crippen LogP contribution < -0.4 is 21.7 Å². The molecular formula is C29H35N5O8. The summed E-state index contributed by atoms with van der Waals surface area (Å²) in [6, 6.07) is 8.04. The number of nitrogens with two attached hydrogens (primary N) is 1. The van der Waals surface area contributed by atoms with Crippen LogP contribution in [0.2, 0.25) is 0 Å². The minimum atomic E-state index is -1.56. The second-order valence-corrected chi connectivity index (χ2v) is 10.3. The van der Waals surface area contributed by atoms with E-state index in [0.717, 1.165) is 10.9 Å². The first-order valence-electron chi connectivity index (χ1n) is 13.3. The molecule has 0 aliphatic rings. The zero-order valence-corrected chi connectivity index (χ0v) is 23.2. The lowest BCUT2D eigenvalue weighted by atomic mass is 10.00. The van der Waals surface area contributed by atoms with E-state index in [-0.39, 0.29) is 18.6 Å². The molecule has 13 nitrogen and oxygen atoms in total. The molecule has 4 unspecified atom stereocenters. The third-order valence-electron chi connectivity index (χ3n) is 6.70. The van der Waals surface area contributed by atoms with Gasteiger partial charge in [-0.05, 0) is 41.7 Å². The number of aromatic hydroxyl groups is 1. The minimum Gasteiger partial charge on any atom is -0.508 e. The molecule has 0 aliphatic carbocycles. The van der Waals surface area contributed by atoms with Crippen LogP contribution in [-0.2, 0) is 36.8 Å². The smallest absolute Gasteiger partial charge is 0.326 e. The van der Waals surface area contributed by atoms with Gasteiger partial charge in [0.25, 0.3) is 0 Å². The largest absolute Gasteiger partial charge is 0.508 e. The van der Waals surface area contributed by atoms with E-state index < -0.39 is 66.2 Å². The predicted octanol–water partition coefficient (Wildman–Crippen LogP) is 0.656. The van der Waals surface area contributed by atoms with Crippen molar-refractivity contribution >= 4 is 40.6 Å². The third kappa shape index (κ3) is 8.54. The number of fused-ring (bicyclic) bond motifs is 1. The van der Waals surface area contributed by atoms with E-state index in [0.29, 0.717) is 11.1 Å². The van der Waals surface area contributed by atoms with Crippen LogP contribution in [0.15, 0.2) is 54.7 Å². The molecule has 42 heavy (non-hydrogen) atoms. The Morgan fingerprint density at radius 2 is 1.48 bits per heavy atom. The molecule has 224 valence electrons. The first kappa shape index (κ1) is 31.6. The van der Waals surface area contributed by atoms with Gasteiger partial charge in [0.15, 0.2) is 0 Å². The van der Waals surface area contributed by atoms with Crippen molar-refractivity contribution in [2.24, 2.45) is 11.7 Å². The quantitative estimate of drug-likeness (QED) is 0.134. The highest BCUT2D eigenvalue weighted by Gasteiger charge is 2.33. The van der Waals surface area contributed by atoms with Gasteiger partial charge in [-0.25, -0.2) is 4.79 Å². The van der Waals surface area contributed by atoms with Crippen LogP contribution in [0.25, 0.3) is 10.9 Å². The van der Waals surface area contributed by atoms with E-state index in [1.165, 1.54) is 12.1 Å². The number of hydrogen-bond acceptors (Lipinski definition) is 7. The molecule has 0 saturated heterocycles. The summed E-state index contributed by atoms with van der Waals surface area (Å²) in [7, 11) is 0. The van der Waals surface area contributed by atoms with Gasteiger partial charge in [-0.2, -0.15) is 0 Å². The van der Waals surface area contributed by atoms with Gasteiger partial charge in [0.2, 0.25) is 17.7 Å². The molecule has 0 radical (unpaired) electrons. The first-order valence-corrected chi connectivity index (χ1v) is 13.3. The van der Waals surface area contributed by atoms with Crippen molar-refractivity contribution in [2.75, 3.05) is 0 Å². The average molecular weight is 582 g/mol. The van der Waals surface area contributed by atoms with Gasteiger partial charge in [-0.15, -0.1) is 0 Å². The molecule has 0 fully saturated rings. The lowest BCUT2D eigenvalue weighted by molar-refractivity contribution is -0.143. The van der Waals surface area contributed by atoms with E-state index >= 15 is 0 Å². The molecule has 1 aromatic heterocycles. The number of aromatic amines is 1. The second-order valence-electron chi connectivity index (χ2n) is 10.3. The number of carbonyl (C=O) groups excluding carboxylic acids is 3. The topological polar surface area (TPSA) is 224 Å². The van der Waals surface area contributed by atoms with Crippen molar-refractivity contribution in [1.29, 1.82) is 0 Å². The first-order chi connectivity index (χ1) is 19.8. The Labute approximate surface area is 241 Å². The zero-order chi connectivity index (χ0) is 31.0. The van der Waals surface area contributed by atoms with E-state index in [9.17, 15) is 39.3 Å². The summed E-state index contributed by atoms with van der Waals surface area (Å²) in [6.07, 6.45) is 0.909. The number of carbonyl (C=O) groups is 5. The van der Waals surface area contributed by atoms with Crippen molar-refractivity contribution in [3.8, 4) is 5.75 Å². The Morgan fingerprint density at radius 3 is 2.10 bits per heavy atom. The fourth-order valence-corrected chi connectivity index (χ4v) is 4.41. The van der Waals surface area contributed by atoms with E-state index in [1.54, 1.807) is 32.2 Å². The van der Waals surface area contributed by atoms with Crippen LogP contribution >= 0.6 is 0 Å². The maximum absolute atomic E-state index is 13.2. The standard InChI is InChI=1S/C29H35N5O8/c1-15(2)25(28(40)33-23(29(41)42)12-17-14-31-21-6-4-3-5-19(17)21)34-27(39)22(13-24(36)37)32-26(38)20(30)11-16-7-9-18(35)10-8-16/h3-10,14-15,20,22-23,25,31,35H,11-13,30H2,1-2H3,(H,32,38)(H,33,40)(H,34,39)(H,36,37)(H,41,42). The van der Waals surface area contributed by atoms with Crippen LogP contribution in [0.4, 0.5) is 0 Å². The Balaban J connectivity index is 1.69. The van der Waals surface area contributed by atoms with Gasteiger partial charge in [0.05, 0.1) is 12.5 Å². The number of rotatable bonds is 14. The fourth-order valence-electron chi connectivity index (χ4n) is 4.41. The van der Waals surface area contributed by atoms with Crippen LogP contribution in [0.1, 0.15) is 31.4 Å². The molecule has 0 bridgehead atoms. The van der Waals surface area contributed by atoms with Crippen molar-refractivity contribution in [3.05, 3.63) is 65.9 Å². The summed E-state index contributed by atoms with van der Waals surface area (Å²) in [5.41, 5.74) is 8.08. The summed E-state index contributed by atoms with van der Waals surface area (Å²) in [5, 5.41) is 36.6. The molecule has 3 amide bonds. The highest BCUT2D eigenvalue weighted by Crippen LogP contribution is 2.19. The average Bonchev–Trinajstić information content (AvgIpc) is 3.34. The Hall–Kier alpha value is -4.91. The number of aromatic nitrogens is 1. The van der Waals surface area contributed by atoms with Gasteiger partial charge in [-0.3, -0.25) is 19.2 Å². The number of hydrogen-bond donors (Lipinski definition) is 8. The van der Waals surface area contributed by atoms with Gasteiger partial charge in [0, 0.05) is 23.5 Å². The number of phenols is 1. The summed E-state index contributed by atoms with van der Waals surface area (Å²) < 4.78 is 0. The molecule has 9 N–H and O–H groups in total. The normalized spacial score (nSPS) is 14.0. The number of phenolic OH excluding ortho intramolecular Hbond substituents is 1. The van der Waals surface area contributed by atoms with Gasteiger partial charge >= 0.3 is 11.9 Å². The third-order valence-corrected chi connectivity index (χ3v) is 6.70. The molecule has 3 rings (SSSR count). The van der Waals surface area contributed by atoms with E-state index in [2.05, 4.69) is 20.9 Å². The Morgan fingerprint density at radius 1 is 0.833 bits per heavy atom. The lowest BCUT2D eigenvalue weighted by Crippen LogP contribution is -2.59. The summed E-state index contributed by atoms with van der Waals surface area (Å²) >= 11 is 0. The number of carboxylic acid groups (broad SMARTS) is 2. The SMILES string of the molecule is CC(C)C(NC(=O)C(CC(=O)O)NC(=O)C(N)Cc1ccc(O)cc1)C(=O)NC(Cc1c[nH]c2ccccc12)C(=O)O. The maximum Gasteiger partial charge on any atom is 0.326 e. The lowest BCUT2D eigenvalue weighted by Gasteiger charge is -2.26. The van der Waals surface area contributed by atoms with Crippen LogP contribution in [0, 0.1) is 5.92 Å². The molecule has 2 aromatic carbocycles. The molecule has 1 heterocycles. The van der Waals surface area contributed by atoms with Gasteiger partial charge < -0.3 is 42.0 Å². The number of benzene rings is 2. The monoisotopic (exact) mass is 581 g/mol.